The van der Waals surface area contributed by atoms with Gasteiger partial charge >= 0.3 is 5.97 Å². The molecular formula is C16H17N5O2. The van der Waals surface area contributed by atoms with Gasteiger partial charge in [-0.15, -0.1) is 0 Å². The number of esters is 1. The van der Waals surface area contributed by atoms with Gasteiger partial charge < -0.3 is 14.6 Å². The second kappa shape index (κ2) is 6.04. The Hall–Kier alpha value is -2.96. The van der Waals surface area contributed by atoms with E-state index in [1.165, 1.54) is 0 Å². The van der Waals surface area contributed by atoms with Crippen LogP contribution in [0, 0.1) is 6.92 Å². The number of H-pyrrole nitrogens is 1. The van der Waals surface area contributed by atoms with Crippen LogP contribution in [0.3, 0.4) is 0 Å². The highest BCUT2D eigenvalue weighted by atomic mass is 16.5. The Morgan fingerprint density at radius 2 is 2.04 bits per heavy atom. The molecule has 3 aromatic rings. The second-order valence-electron chi connectivity index (χ2n) is 5.37. The molecule has 0 fully saturated rings. The molecule has 3 aromatic heterocycles. The molecule has 0 bridgehead atoms. The summed E-state index contributed by atoms with van der Waals surface area (Å²) in [5.41, 5.74) is 2.41. The number of nitrogens with one attached hydrogen (secondary N) is 1. The Morgan fingerprint density at radius 3 is 2.83 bits per heavy atom. The van der Waals surface area contributed by atoms with Gasteiger partial charge in [0.2, 0.25) is 0 Å². The maximum atomic E-state index is 12.3. The summed E-state index contributed by atoms with van der Waals surface area (Å²) in [6, 6.07) is 5.33. The smallest absolute Gasteiger partial charge is 0.340 e. The van der Waals surface area contributed by atoms with Crippen molar-refractivity contribution >= 4 is 23.0 Å². The fourth-order valence-electron chi connectivity index (χ4n) is 2.22. The number of aryl methyl sites for hydroxylation is 1. The topological polar surface area (TPSA) is 84.0 Å². The standard InChI is InChI=1S/C16H17N5O2/c1-10-19-14-12(5-7-18-15(14)20-10)16(22)23-9-11-4-6-17-13(8-11)21(2)3/h4-8H,9H2,1-3H3,(H,18,19,20). The number of imidazole rings is 1. The molecule has 0 aliphatic carbocycles. The van der Waals surface area contributed by atoms with Crippen LogP contribution in [0.5, 0.6) is 0 Å². The third-order valence-corrected chi connectivity index (χ3v) is 3.37. The molecule has 0 aliphatic heterocycles. The Kier molecular flexibility index (Phi) is 3.92. The SMILES string of the molecule is Cc1nc2nccc(C(=O)OCc3ccnc(N(C)C)c3)c2[nH]1. The van der Waals surface area contributed by atoms with Crippen LogP contribution in [0.15, 0.2) is 30.6 Å². The van der Waals surface area contributed by atoms with Crippen molar-refractivity contribution in [3.8, 4) is 0 Å². The van der Waals surface area contributed by atoms with E-state index in [-0.39, 0.29) is 6.61 Å². The third kappa shape index (κ3) is 3.13. The van der Waals surface area contributed by atoms with Crippen LogP contribution in [0.25, 0.3) is 11.2 Å². The number of carbonyl (C=O) groups is 1. The molecule has 0 atom stereocenters. The number of carbonyl (C=O) groups excluding carboxylic acids is 1. The highest BCUT2D eigenvalue weighted by Gasteiger charge is 2.15. The largest absolute Gasteiger partial charge is 0.457 e. The van der Waals surface area contributed by atoms with Gasteiger partial charge in [-0.25, -0.2) is 19.7 Å². The van der Waals surface area contributed by atoms with Crippen LogP contribution >= 0.6 is 0 Å². The average Bonchev–Trinajstić information content (AvgIpc) is 2.92. The zero-order valence-electron chi connectivity index (χ0n) is 13.2. The van der Waals surface area contributed by atoms with Gasteiger partial charge in [0.05, 0.1) is 11.1 Å². The second-order valence-corrected chi connectivity index (χ2v) is 5.37. The van der Waals surface area contributed by atoms with Gasteiger partial charge in [0.1, 0.15) is 18.2 Å². The summed E-state index contributed by atoms with van der Waals surface area (Å²) in [5, 5.41) is 0. The van der Waals surface area contributed by atoms with E-state index >= 15 is 0 Å². The lowest BCUT2D eigenvalue weighted by atomic mass is 10.2. The molecule has 7 nitrogen and oxygen atoms in total. The summed E-state index contributed by atoms with van der Waals surface area (Å²) in [5.74, 6) is 1.11. The maximum Gasteiger partial charge on any atom is 0.340 e. The van der Waals surface area contributed by atoms with E-state index in [0.717, 1.165) is 11.4 Å². The molecule has 0 saturated carbocycles. The summed E-state index contributed by atoms with van der Waals surface area (Å²) < 4.78 is 5.41. The van der Waals surface area contributed by atoms with Crippen LogP contribution in [0.4, 0.5) is 5.82 Å². The van der Waals surface area contributed by atoms with E-state index in [1.54, 1.807) is 18.5 Å². The lowest BCUT2D eigenvalue weighted by Crippen LogP contribution is -2.11. The Morgan fingerprint density at radius 1 is 1.26 bits per heavy atom. The summed E-state index contributed by atoms with van der Waals surface area (Å²) in [6.07, 6.45) is 3.25. The lowest BCUT2D eigenvalue weighted by molar-refractivity contribution is 0.0474. The van der Waals surface area contributed by atoms with Crippen molar-refractivity contribution in [2.24, 2.45) is 0 Å². The summed E-state index contributed by atoms with van der Waals surface area (Å²) >= 11 is 0. The molecule has 1 N–H and O–H groups in total. The van der Waals surface area contributed by atoms with Crippen molar-refractivity contribution in [2.45, 2.75) is 13.5 Å². The number of aromatic nitrogens is 4. The van der Waals surface area contributed by atoms with Crippen molar-refractivity contribution in [3.63, 3.8) is 0 Å². The zero-order valence-corrected chi connectivity index (χ0v) is 13.2. The monoisotopic (exact) mass is 311 g/mol. The van der Waals surface area contributed by atoms with Crippen LogP contribution < -0.4 is 4.90 Å². The number of fused-ring (bicyclic) bond motifs is 1. The molecule has 0 spiro atoms. The van der Waals surface area contributed by atoms with Crippen LogP contribution in [0.1, 0.15) is 21.7 Å². The molecule has 0 aliphatic rings. The molecule has 0 aromatic carbocycles. The van der Waals surface area contributed by atoms with Crippen LogP contribution in [-0.4, -0.2) is 40.0 Å². The van der Waals surface area contributed by atoms with Crippen molar-refractivity contribution in [1.82, 2.24) is 19.9 Å². The molecule has 23 heavy (non-hydrogen) atoms. The Labute approximate surface area is 133 Å². The van der Waals surface area contributed by atoms with E-state index in [2.05, 4.69) is 19.9 Å². The van der Waals surface area contributed by atoms with E-state index < -0.39 is 5.97 Å². The van der Waals surface area contributed by atoms with Gasteiger partial charge in [-0.2, -0.15) is 0 Å². The van der Waals surface area contributed by atoms with Crippen molar-refractivity contribution in [2.75, 3.05) is 19.0 Å². The van der Waals surface area contributed by atoms with Gasteiger partial charge in [-0.3, -0.25) is 0 Å². The quantitative estimate of drug-likeness (QED) is 0.743. The summed E-state index contributed by atoms with van der Waals surface area (Å²) in [7, 11) is 3.82. The number of ether oxygens (including phenoxy) is 1. The Bertz CT molecular complexity index is 857. The lowest BCUT2D eigenvalue weighted by Gasteiger charge is -2.12. The van der Waals surface area contributed by atoms with Crippen molar-refractivity contribution < 1.29 is 9.53 Å². The predicted octanol–water partition coefficient (Wildman–Crippen LogP) is 2.08. The number of hydrogen-bond donors (Lipinski definition) is 1. The molecule has 118 valence electrons. The van der Waals surface area contributed by atoms with E-state index in [9.17, 15) is 4.79 Å². The normalized spacial score (nSPS) is 10.7. The number of hydrogen-bond acceptors (Lipinski definition) is 6. The number of anilines is 1. The minimum absolute atomic E-state index is 0.180. The molecule has 7 heteroatoms. The first-order chi connectivity index (χ1) is 11.0. The molecule has 0 saturated heterocycles. The summed E-state index contributed by atoms with van der Waals surface area (Å²) in [6.45, 7) is 2.00. The summed E-state index contributed by atoms with van der Waals surface area (Å²) in [4.78, 5) is 29.8. The molecule has 0 radical (unpaired) electrons. The predicted molar refractivity (Wildman–Crippen MR) is 86.3 cm³/mol. The van der Waals surface area contributed by atoms with Gasteiger partial charge in [-0.1, -0.05) is 0 Å². The van der Waals surface area contributed by atoms with E-state index in [1.807, 2.05) is 38.1 Å². The first-order valence-electron chi connectivity index (χ1n) is 7.15. The van der Waals surface area contributed by atoms with Crippen LogP contribution in [-0.2, 0) is 11.3 Å². The fourth-order valence-corrected chi connectivity index (χ4v) is 2.22. The first kappa shape index (κ1) is 15.0. The highest BCUT2D eigenvalue weighted by Crippen LogP contribution is 2.16. The van der Waals surface area contributed by atoms with E-state index in [0.29, 0.717) is 22.6 Å². The number of pyridine rings is 2. The molecular weight excluding hydrogens is 294 g/mol. The molecule has 3 heterocycles. The maximum absolute atomic E-state index is 12.3. The number of rotatable bonds is 4. The highest BCUT2D eigenvalue weighted by molar-refractivity contribution is 6.00. The average molecular weight is 311 g/mol. The zero-order chi connectivity index (χ0) is 16.4. The van der Waals surface area contributed by atoms with Crippen molar-refractivity contribution in [3.05, 3.63) is 47.5 Å². The van der Waals surface area contributed by atoms with Gasteiger partial charge in [-0.05, 0) is 30.7 Å². The third-order valence-electron chi connectivity index (χ3n) is 3.37. The molecule has 3 rings (SSSR count). The Balaban J connectivity index is 1.77. The van der Waals surface area contributed by atoms with Crippen LogP contribution in [0.2, 0.25) is 0 Å². The molecule has 0 unspecified atom stereocenters. The molecule has 0 amide bonds. The van der Waals surface area contributed by atoms with Gasteiger partial charge in [0.25, 0.3) is 0 Å². The van der Waals surface area contributed by atoms with Gasteiger partial charge in [0, 0.05) is 26.5 Å². The fraction of sp³-hybridized carbons (Fsp3) is 0.250. The van der Waals surface area contributed by atoms with E-state index in [4.69, 9.17) is 4.74 Å². The van der Waals surface area contributed by atoms with Gasteiger partial charge in [0.15, 0.2) is 5.65 Å². The number of nitrogens with zero attached hydrogens (tertiary/aromatic N) is 4. The number of aromatic amines is 1. The first-order valence-corrected chi connectivity index (χ1v) is 7.15. The minimum Gasteiger partial charge on any atom is -0.457 e. The minimum atomic E-state index is -0.413. The van der Waals surface area contributed by atoms with Crippen molar-refractivity contribution in [1.29, 1.82) is 0 Å².